The number of pyridine rings is 1. The number of hydrogen-bond acceptors (Lipinski definition) is 8. The Morgan fingerprint density at radius 1 is 0.860 bits per heavy atom. The van der Waals surface area contributed by atoms with E-state index in [2.05, 4.69) is 10.2 Å². The SMILES string of the molecule is COc1ccc(C(Cc2c(Cl)c[n+](O)cc2Cl)c2cc(COc3cccc(C(NC(=O)O[C@H]4CN5CCC4CC5)c4ccccc4)c3)ccc2C(=O)O)cc1OC. The highest BCUT2D eigenvalue weighted by Crippen LogP contribution is 2.39. The normalized spacial score (nSPS) is 18.3. The van der Waals surface area contributed by atoms with E-state index >= 15 is 0 Å². The summed E-state index contributed by atoms with van der Waals surface area (Å²) < 4.78 is 24.2. The lowest BCUT2D eigenvalue weighted by molar-refractivity contribution is -0.904. The van der Waals surface area contributed by atoms with E-state index in [4.69, 9.17) is 42.1 Å². The molecule has 0 spiro atoms. The molecule has 1 amide bonds. The van der Waals surface area contributed by atoms with Crippen LogP contribution in [0.3, 0.4) is 0 Å². The minimum absolute atomic E-state index is 0.0860. The summed E-state index contributed by atoms with van der Waals surface area (Å²) in [5.41, 5.74) is 4.23. The van der Waals surface area contributed by atoms with E-state index in [0.717, 1.165) is 53.9 Å². The van der Waals surface area contributed by atoms with Gasteiger partial charge in [-0.2, -0.15) is 0 Å². The van der Waals surface area contributed by atoms with Gasteiger partial charge in [0.15, 0.2) is 11.5 Å². The van der Waals surface area contributed by atoms with Crippen LogP contribution in [0.5, 0.6) is 17.2 Å². The lowest BCUT2D eigenvalue weighted by atomic mass is 9.82. The molecule has 2 bridgehead atoms. The number of carboxylic acid groups (broad SMARTS) is 1. The van der Waals surface area contributed by atoms with E-state index in [1.54, 1.807) is 24.3 Å². The van der Waals surface area contributed by atoms with Crippen molar-refractivity contribution in [2.75, 3.05) is 33.9 Å². The fraction of sp³-hybridized carbons (Fsp3) is 0.295. The Bertz CT molecular complexity index is 2210. The molecule has 13 heteroatoms. The van der Waals surface area contributed by atoms with E-state index < -0.39 is 24.0 Å². The third-order valence-corrected chi connectivity index (χ3v) is 11.5. The molecule has 3 atom stereocenters. The zero-order valence-electron chi connectivity index (χ0n) is 31.6. The van der Waals surface area contributed by atoms with Crippen molar-refractivity contribution in [3.05, 3.63) is 152 Å². The molecule has 11 nitrogen and oxygen atoms in total. The summed E-state index contributed by atoms with van der Waals surface area (Å²) in [6.45, 7) is 2.98. The Labute approximate surface area is 341 Å². The topological polar surface area (TPSA) is 131 Å². The van der Waals surface area contributed by atoms with Crippen LogP contribution in [0, 0.1) is 5.92 Å². The van der Waals surface area contributed by atoms with Crippen molar-refractivity contribution in [2.24, 2.45) is 5.92 Å². The molecule has 3 fully saturated rings. The number of carbonyl (C=O) groups excluding carboxylic acids is 1. The second kappa shape index (κ2) is 17.8. The molecule has 57 heavy (non-hydrogen) atoms. The molecule has 3 N–H and O–H groups in total. The number of carboxylic acids is 1. The molecule has 2 unspecified atom stereocenters. The van der Waals surface area contributed by atoms with Gasteiger partial charge in [0, 0.05) is 22.8 Å². The van der Waals surface area contributed by atoms with Crippen LogP contribution in [0.1, 0.15) is 68.5 Å². The Morgan fingerprint density at radius 3 is 2.25 bits per heavy atom. The Hall–Kier alpha value is -5.49. The van der Waals surface area contributed by atoms with Crippen LogP contribution in [-0.4, -0.2) is 67.2 Å². The molecule has 3 aliphatic heterocycles. The quantitative estimate of drug-likeness (QED) is 0.0753. The van der Waals surface area contributed by atoms with Crippen LogP contribution < -0.4 is 24.3 Å². The minimum Gasteiger partial charge on any atom is -0.493 e. The molecule has 4 aromatic carbocycles. The van der Waals surface area contributed by atoms with Gasteiger partial charge in [-0.25, -0.2) is 9.59 Å². The van der Waals surface area contributed by atoms with Gasteiger partial charge >= 0.3 is 12.1 Å². The number of rotatable bonds is 14. The smallest absolute Gasteiger partial charge is 0.408 e. The number of benzene rings is 4. The number of hydrogen-bond donors (Lipinski definition) is 3. The van der Waals surface area contributed by atoms with Crippen LogP contribution in [0.2, 0.25) is 10.0 Å². The average molecular weight is 814 g/mol. The highest BCUT2D eigenvalue weighted by Gasteiger charge is 2.37. The highest BCUT2D eigenvalue weighted by molar-refractivity contribution is 6.35. The van der Waals surface area contributed by atoms with E-state index in [1.807, 2.05) is 66.7 Å². The van der Waals surface area contributed by atoms with Gasteiger partial charge in [0.05, 0.1) is 25.8 Å². The largest absolute Gasteiger partial charge is 0.493 e. The summed E-state index contributed by atoms with van der Waals surface area (Å²) in [5, 5.41) is 24.0. The van der Waals surface area contributed by atoms with Gasteiger partial charge in [0.25, 0.3) is 0 Å². The molecule has 0 saturated carbocycles. The first-order valence-corrected chi connectivity index (χ1v) is 19.5. The number of carbonyl (C=O) groups is 2. The molecule has 1 aromatic heterocycles. The van der Waals surface area contributed by atoms with Crippen molar-refractivity contribution >= 4 is 35.3 Å². The molecule has 0 radical (unpaired) electrons. The van der Waals surface area contributed by atoms with Crippen molar-refractivity contribution in [1.82, 2.24) is 10.2 Å². The number of aromatic carboxylic acids is 1. The monoisotopic (exact) mass is 812 g/mol. The number of nitrogens with zero attached hydrogens (tertiary/aromatic N) is 2. The zero-order chi connectivity index (χ0) is 40.1. The molecular formula is C44H44Cl2N3O8+. The number of alkyl carbamates (subject to hydrolysis) is 1. The van der Waals surface area contributed by atoms with Crippen molar-refractivity contribution in [1.29, 1.82) is 0 Å². The molecule has 3 saturated heterocycles. The standard InChI is InChI=1S/C44H43Cl2N3O8/c1-54-39-14-12-30(21-40(39)55-2)34(22-36-37(45)23-49(53)24-38(36)46)35-19-27(11-13-33(35)43(50)51)26-56-32-10-6-9-31(20-32)42(29-7-4-3-5-8-29)47-44(52)57-41-25-48-17-15-28(41)16-18-48/h3-14,19-21,23-24,28,34,41-42H,15-18,22,25-26H2,1-2H3,(H2-,47,50,51,52,53)/p+1/t34?,41-,42?/m0/s1. The van der Waals surface area contributed by atoms with Crippen molar-refractivity contribution in [3.8, 4) is 17.2 Å². The zero-order valence-corrected chi connectivity index (χ0v) is 33.1. The summed E-state index contributed by atoms with van der Waals surface area (Å²) in [6, 6.07) is 27.2. The molecule has 5 aromatic rings. The summed E-state index contributed by atoms with van der Waals surface area (Å²) in [5.74, 6) is 0.222. The van der Waals surface area contributed by atoms with E-state index in [9.17, 15) is 19.9 Å². The van der Waals surface area contributed by atoms with Crippen molar-refractivity contribution < 1.29 is 43.6 Å². The molecule has 0 aliphatic carbocycles. The number of amides is 1. The summed E-state index contributed by atoms with van der Waals surface area (Å²) in [6.07, 6.45) is 4.33. The van der Waals surface area contributed by atoms with Gasteiger partial charge in [-0.15, -0.1) is 0 Å². The molecule has 4 heterocycles. The third-order valence-electron chi connectivity index (χ3n) is 10.9. The first-order chi connectivity index (χ1) is 27.6. The molecule has 8 rings (SSSR count). The molecular weight excluding hydrogens is 769 g/mol. The predicted octanol–water partition coefficient (Wildman–Crippen LogP) is 8.10. The average Bonchev–Trinajstić information content (AvgIpc) is 3.22. The van der Waals surface area contributed by atoms with Crippen molar-refractivity contribution in [3.63, 3.8) is 0 Å². The number of halogens is 2. The third kappa shape index (κ3) is 9.23. The Kier molecular flexibility index (Phi) is 12.4. The second-order valence-corrected chi connectivity index (χ2v) is 15.2. The molecule has 296 valence electrons. The minimum atomic E-state index is -1.11. The fourth-order valence-corrected chi connectivity index (χ4v) is 8.50. The number of aromatic nitrogens is 1. The van der Waals surface area contributed by atoms with Crippen LogP contribution in [0.4, 0.5) is 4.79 Å². The maximum Gasteiger partial charge on any atom is 0.408 e. The maximum absolute atomic E-state index is 13.4. The van der Waals surface area contributed by atoms with Gasteiger partial charge in [0.1, 0.15) is 28.5 Å². The van der Waals surface area contributed by atoms with Crippen LogP contribution in [0.25, 0.3) is 0 Å². The summed E-state index contributed by atoms with van der Waals surface area (Å²) in [4.78, 5) is 28.5. The lowest BCUT2D eigenvalue weighted by Crippen LogP contribution is -2.52. The highest BCUT2D eigenvalue weighted by atomic mass is 35.5. The van der Waals surface area contributed by atoms with E-state index in [-0.39, 0.29) is 34.7 Å². The van der Waals surface area contributed by atoms with E-state index in [1.165, 1.54) is 26.6 Å². The first-order valence-electron chi connectivity index (χ1n) is 18.7. The first kappa shape index (κ1) is 39.7. The van der Waals surface area contributed by atoms with Crippen LogP contribution in [-0.2, 0) is 17.8 Å². The predicted molar refractivity (Wildman–Crippen MR) is 214 cm³/mol. The van der Waals surface area contributed by atoms with Gasteiger partial charge in [0.2, 0.25) is 12.4 Å². The summed E-state index contributed by atoms with van der Waals surface area (Å²) in [7, 11) is 3.07. The Morgan fingerprint density at radius 2 is 1.58 bits per heavy atom. The number of nitrogens with one attached hydrogen (secondary N) is 1. The van der Waals surface area contributed by atoms with Gasteiger partial charge < -0.3 is 29.4 Å². The second-order valence-electron chi connectivity index (χ2n) is 14.3. The maximum atomic E-state index is 13.4. The number of fused-ring (bicyclic) bond motifs is 3. The van der Waals surface area contributed by atoms with Crippen LogP contribution in [0.15, 0.2) is 103 Å². The van der Waals surface area contributed by atoms with Gasteiger partial charge in [-0.05, 0) is 96.4 Å². The van der Waals surface area contributed by atoms with Gasteiger partial charge in [-0.1, -0.05) is 83.9 Å². The lowest BCUT2D eigenvalue weighted by Gasteiger charge is -2.43. The fourth-order valence-electron chi connectivity index (χ4n) is 7.89. The Balaban J connectivity index is 1.17. The summed E-state index contributed by atoms with van der Waals surface area (Å²) >= 11 is 13.2. The molecule has 3 aliphatic rings. The van der Waals surface area contributed by atoms with Gasteiger partial charge in [-0.3, -0.25) is 10.1 Å². The number of ether oxygens (including phenoxy) is 4. The van der Waals surface area contributed by atoms with E-state index in [0.29, 0.717) is 39.9 Å². The van der Waals surface area contributed by atoms with Crippen LogP contribution >= 0.6 is 23.2 Å². The van der Waals surface area contributed by atoms with Crippen molar-refractivity contribution in [2.45, 2.75) is 43.9 Å². The number of piperidine rings is 3. The number of methoxy groups -OCH3 is 2.